The van der Waals surface area contributed by atoms with E-state index in [1.807, 2.05) is 12.1 Å². The number of benzene rings is 1. The van der Waals surface area contributed by atoms with Crippen molar-refractivity contribution in [1.29, 1.82) is 0 Å². The van der Waals surface area contributed by atoms with Crippen LogP contribution >= 0.6 is 0 Å². The lowest BCUT2D eigenvalue weighted by molar-refractivity contribution is 0.205. The number of nitrogens with one attached hydrogen (secondary N) is 1. The van der Waals surface area contributed by atoms with Crippen molar-refractivity contribution in [3.63, 3.8) is 0 Å². The fraction of sp³-hybridized carbons (Fsp3) is 0.571. The monoisotopic (exact) mass is 235 g/mol. The molecule has 0 aromatic heterocycles. The highest BCUT2D eigenvalue weighted by Gasteiger charge is 2.21. The number of aliphatic hydroxyl groups excluding tert-OH is 1. The molecule has 0 radical (unpaired) electrons. The summed E-state index contributed by atoms with van der Waals surface area (Å²) >= 11 is 0. The van der Waals surface area contributed by atoms with E-state index in [-0.39, 0.29) is 6.61 Å². The third kappa shape index (κ3) is 2.79. The van der Waals surface area contributed by atoms with E-state index in [2.05, 4.69) is 11.5 Å². The van der Waals surface area contributed by atoms with E-state index in [9.17, 15) is 5.11 Å². The first-order valence-electron chi connectivity index (χ1n) is 6.43. The Morgan fingerprint density at radius 3 is 2.71 bits per heavy atom. The predicted molar refractivity (Wildman–Crippen MR) is 67.9 cm³/mol. The predicted octanol–water partition coefficient (Wildman–Crippen LogP) is 2.74. The molecule has 2 rings (SSSR count). The van der Waals surface area contributed by atoms with Crippen molar-refractivity contribution in [2.45, 2.75) is 44.6 Å². The van der Waals surface area contributed by atoms with Crippen LogP contribution in [0.25, 0.3) is 0 Å². The van der Waals surface area contributed by atoms with Crippen LogP contribution in [0.15, 0.2) is 18.2 Å². The lowest BCUT2D eigenvalue weighted by atomic mass is 9.83. The van der Waals surface area contributed by atoms with Crippen molar-refractivity contribution in [3.8, 4) is 5.75 Å². The van der Waals surface area contributed by atoms with E-state index in [4.69, 9.17) is 4.84 Å². The summed E-state index contributed by atoms with van der Waals surface area (Å²) in [7, 11) is 1.75. The number of para-hydroxylation sites is 1. The van der Waals surface area contributed by atoms with Gasteiger partial charge in [-0.1, -0.05) is 37.5 Å². The molecule has 2 N–H and O–H groups in total. The van der Waals surface area contributed by atoms with Gasteiger partial charge in [0.15, 0.2) is 5.75 Å². The van der Waals surface area contributed by atoms with Crippen LogP contribution in [0.3, 0.4) is 0 Å². The van der Waals surface area contributed by atoms with Crippen LogP contribution in [0.5, 0.6) is 5.75 Å². The highest BCUT2D eigenvalue weighted by molar-refractivity contribution is 5.43. The third-order valence-electron chi connectivity index (χ3n) is 3.55. The summed E-state index contributed by atoms with van der Waals surface area (Å²) in [6, 6.07) is 6.05. The summed E-state index contributed by atoms with van der Waals surface area (Å²) < 4.78 is 0. The van der Waals surface area contributed by atoms with E-state index in [0.717, 1.165) is 11.3 Å². The maximum absolute atomic E-state index is 9.36. The van der Waals surface area contributed by atoms with Crippen molar-refractivity contribution in [3.05, 3.63) is 29.3 Å². The second kappa shape index (κ2) is 6.03. The number of hydrogen-bond donors (Lipinski definition) is 2. The molecule has 1 aliphatic rings. The van der Waals surface area contributed by atoms with Gasteiger partial charge in [-0.3, -0.25) is 0 Å². The lowest BCUT2D eigenvalue weighted by Crippen LogP contribution is -2.16. The number of aliphatic hydroxyl groups is 1. The average molecular weight is 235 g/mol. The molecule has 1 saturated carbocycles. The van der Waals surface area contributed by atoms with E-state index in [0.29, 0.717) is 5.92 Å². The van der Waals surface area contributed by atoms with Crippen molar-refractivity contribution >= 4 is 0 Å². The zero-order valence-corrected chi connectivity index (χ0v) is 10.4. The average Bonchev–Trinajstić information content (AvgIpc) is 2.40. The van der Waals surface area contributed by atoms with Crippen molar-refractivity contribution in [2.75, 3.05) is 7.05 Å². The van der Waals surface area contributed by atoms with Crippen LogP contribution < -0.4 is 10.3 Å². The molecule has 1 fully saturated rings. The normalized spacial score (nSPS) is 17.1. The van der Waals surface area contributed by atoms with Crippen LogP contribution in [0.2, 0.25) is 0 Å². The van der Waals surface area contributed by atoms with Gasteiger partial charge in [0.2, 0.25) is 0 Å². The first-order valence-corrected chi connectivity index (χ1v) is 6.43. The summed E-state index contributed by atoms with van der Waals surface area (Å²) in [4.78, 5) is 5.50. The van der Waals surface area contributed by atoms with Crippen LogP contribution in [0, 0.1) is 0 Å². The van der Waals surface area contributed by atoms with Crippen LogP contribution in [-0.2, 0) is 6.61 Å². The molecule has 0 heterocycles. The van der Waals surface area contributed by atoms with Crippen molar-refractivity contribution in [1.82, 2.24) is 5.48 Å². The third-order valence-corrected chi connectivity index (χ3v) is 3.55. The Bertz CT molecular complexity index is 359. The van der Waals surface area contributed by atoms with Gasteiger partial charge in [0.25, 0.3) is 0 Å². The van der Waals surface area contributed by atoms with E-state index >= 15 is 0 Å². The summed E-state index contributed by atoms with van der Waals surface area (Å²) in [6.45, 7) is 0.0254. The Morgan fingerprint density at radius 1 is 1.29 bits per heavy atom. The maximum Gasteiger partial charge on any atom is 0.156 e. The Kier molecular flexibility index (Phi) is 4.40. The van der Waals surface area contributed by atoms with Gasteiger partial charge in [0, 0.05) is 18.2 Å². The molecule has 94 valence electrons. The molecule has 1 aromatic rings. The first-order chi connectivity index (χ1) is 8.36. The SMILES string of the molecule is CNOc1c(CO)cccc1C1CCCCC1. The topological polar surface area (TPSA) is 41.5 Å². The second-order valence-corrected chi connectivity index (χ2v) is 4.63. The number of hydrogen-bond acceptors (Lipinski definition) is 3. The first kappa shape index (κ1) is 12.4. The molecule has 0 bridgehead atoms. The van der Waals surface area contributed by atoms with Crippen LogP contribution in [-0.4, -0.2) is 12.2 Å². The minimum Gasteiger partial charge on any atom is -0.408 e. The fourth-order valence-electron chi connectivity index (χ4n) is 2.69. The molecular formula is C14H21NO2. The van der Waals surface area contributed by atoms with Crippen molar-refractivity contribution in [2.24, 2.45) is 0 Å². The molecule has 0 unspecified atom stereocenters. The van der Waals surface area contributed by atoms with Crippen LogP contribution in [0.4, 0.5) is 0 Å². The lowest BCUT2D eigenvalue weighted by Gasteiger charge is -2.24. The van der Waals surface area contributed by atoms with E-state index < -0.39 is 0 Å². The summed E-state index contributed by atoms with van der Waals surface area (Å²) in [6.07, 6.45) is 6.41. The van der Waals surface area contributed by atoms with E-state index in [1.54, 1.807) is 7.05 Å². The van der Waals surface area contributed by atoms with Crippen molar-refractivity contribution < 1.29 is 9.94 Å². The standard InChI is InChI=1S/C14H21NO2/c1-15-17-14-12(10-16)8-5-9-13(14)11-6-3-2-4-7-11/h5,8-9,11,15-16H,2-4,6-7,10H2,1H3. The Hall–Kier alpha value is -1.06. The summed E-state index contributed by atoms with van der Waals surface area (Å²) in [5.41, 5.74) is 4.83. The minimum absolute atomic E-state index is 0.0254. The van der Waals surface area contributed by atoms with Gasteiger partial charge in [-0.05, 0) is 18.8 Å². The van der Waals surface area contributed by atoms with Crippen LogP contribution in [0.1, 0.15) is 49.1 Å². The van der Waals surface area contributed by atoms with Gasteiger partial charge in [0.05, 0.1) is 6.61 Å². The molecule has 1 aromatic carbocycles. The Labute approximate surface area is 103 Å². The molecule has 0 spiro atoms. The molecule has 0 saturated heterocycles. The van der Waals surface area contributed by atoms with Gasteiger partial charge < -0.3 is 9.94 Å². The number of rotatable bonds is 4. The van der Waals surface area contributed by atoms with Gasteiger partial charge in [-0.2, -0.15) is 5.48 Å². The summed E-state index contributed by atoms with van der Waals surface area (Å²) in [5.74, 6) is 1.41. The highest BCUT2D eigenvalue weighted by atomic mass is 16.6. The Morgan fingerprint density at radius 2 is 2.06 bits per heavy atom. The van der Waals surface area contributed by atoms with E-state index in [1.165, 1.54) is 37.7 Å². The highest BCUT2D eigenvalue weighted by Crippen LogP contribution is 2.38. The minimum atomic E-state index is 0.0254. The van der Waals surface area contributed by atoms with Gasteiger partial charge in [-0.25, -0.2) is 0 Å². The molecule has 17 heavy (non-hydrogen) atoms. The fourth-order valence-corrected chi connectivity index (χ4v) is 2.69. The molecule has 1 aliphatic carbocycles. The molecule has 3 nitrogen and oxygen atoms in total. The maximum atomic E-state index is 9.36. The molecule has 0 atom stereocenters. The zero-order chi connectivity index (χ0) is 12.1. The number of hydroxylamine groups is 1. The van der Waals surface area contributed by atoms with Gasteiger partial charge in [0.1, 0.15) is 0 Å². The molecule has 0 aliphatic heterocycles. The zero-order valence-electron chi connectivity index (χ0n) is 10.4. The quantitative estimate of drug-likeness (QED) is 0.788. The largest absolute Gasteiger partial charge is 0.408 e. The molecular weight excluding hydrogens is 214 g/mol. The smallest absolute Gasteiger partial charge is 0.156 e. The molecule has 3 heteroatoms. The molecule has 0 amide bonds. The summed E-state index contributed by atoms with van der Waals surface area (Å²) in [5, 5.41) is 9.36. The van der Waals surface area contributed by atoms with Gasteiger partial charge in [-0.15, -0.1) is 0 Å². The van der Waals surface area contributed by atoms with Gasteiger partial charge >= 0.3 is 0 Å². The second-order valence-electron chi connectivity index (χ2n) is 4.63. The Balaban J connectivity index is 2.30.